The number of carbonyl (C=O) groups is 1. The predicted octanol–water partition coefficient (Wildman–Crippen LogP) is 3.80. The van der Waals surface area contributed by atoms with Crippen molar-refractivity contribution >= 4 is 6.09 Å². The molecule has 1 heterocycles. The van der Waals surface area contributed by atoms with Gasteiger partial charge in [0.25, 0.3) is 0 Å². The zero-order valence-corrected chi connectivity index (χ0v) is 14.9. The average Bonchev–Trinajstić information content (AvgIpc) is 2.93. The van der Waals surface area contributed by atoms with Gasteiger partial charge in [0.2, 0.25) is 0 Å². The van der Waals surface area contributed by atoms with Gasteiger partial charge in [-0.15, -0.1) is 0 Å². The fraction of sp³-hybridized carbons (Fsp3) is 0.944. The van der Waals surface area contributed by atoms with Crippen LogP contribution in [0, 0.1) is 11.8 Å². The summed E-state index contributed by atoms with van der Waals surface area (Å²) in [5.41, 5.74) is -0.400. The fourth-order valence-electron chi connectivity index (χ4n) is 3.64. The average molecular weight is 310 g/mol. The summed E-state index contributed by atoms with van der Waals surface area (Å²) in [6.07, 6.45) is 7.89. The van der Waals surface area contributed by atoms with Crippen molar-refractivity contribution in [3.63, 3.8) is 0 Å². The summed E-state index contributed by atoms with van der Waals surface area (Å²) in [5, 5.41) is 3.72. The Morgan fingerprint density at radius 2 is 1.91 bits per heavy atom. The first kappa shape index (κ1) is 17.6. The number of carbonyl (C=O) groups excluding carboxylic acids is 1. The van der Waals surface area contributed by atoms with E-state index in [0.29, 0.717) is 12.0 Å². The molecule has 1 amide bonds. The van der Waals surface area contributed by atoms with Crippen LogP contribution < -0.4 is 5.32 Å². The Hall–Kier alpha value is -0.770. The Morgan fingerprint density at radius 1 is 1.23 bits per heavy atom. The molecular formula is C18H34N2O2. The third-order valence-corrected chi connectivity index (χ3v) is 5.02. The molecule has 128 valence electrons. The first-order chi connectivity index (χ1) is 10.3. The van der Waals surface area contributed by atoms with Gasteiger partial charge in [-0.2, -0.15) is 0 Å². The highest BCUT2D eigenvalue weighted by Gasteiger charge is 2.30. The van der Waals surface area contributed by atoms with Crippen LogP contribution in [0.2, 0.25) is 0 Å². The Morgan fingerprint density at radius 3 is 2.55 bits per heavy atom. The molecule has 0 radical (unpaired) electrons. The van der Waals surface area contributed by atoms with Crippen molar-refractivity contribution in [2.75, 3.05) is 19.6 Å². The van der Waals surface area contributed by atoms with E-state index in [2.05, 4.69) is 12.2 Å². The lowest BCUT2D eigenvalue weighted by Crippen LogP contribution is -2.39. The number of nitrogens with zero attached hydrogens (tertiary/aromatic N) is 1. The van der Waals surface area contributed by atoms with Crippen LogP contribution in [0.25, 0.3) is 0 Å². The van der Waals surface area contributed by atoms with Gasteiger partial charge in [0.15, 0.2) is 0 Å². The molecule has 0 bridgehead atoms. The van der Waals surface area contributed by atoms with Crippen LogP contribution in [-0.4, -0.2) is 42.3 Å². The van der Waals surface area contributed by atoms with Crippen molar-refractivity contribution in [2.24, 2.45) is 11.8 Å². The molecule has 1 aliphatic heterocycles. The van der Waals surface area contributed by atoms with Crippen molar-refractivity contribution in [1.82, 2.24) is 10.2 Å². The van der Waals surface area contributed by atoms with E-state index >= 15 is 0 Å². The molecule has 2 atom stereocenters. The molecule has 0 aromatic heterocycles. The molecule has 0 aromatic rings. The van der Waals surface area contributed by atoms with Crippen molar-refractivity contribution in [1.29, 1.82) is 0 Å². The van der Waals surface area contributed by atoms with E-state index in [9.17, 15) is 4.79 Å². The maximum absolute atomic E-state index is 12.1. The summed E-state index contributed by atoms with van der Waals surface area (Å²) in [4.78, 5) is 13.9. The third-order valence-electron chi connectivity index (χ3n) is 5.02. The first-order valence-corrected chi connectivity index (χ1v) is 9.06. The number of nitrogens with one attached hydrogen (secondary N) is 1. The summed E-state index contributed by atoms with van der Waals surface area (Å²) in [7, 11) is 0. The van der Waals surface area contributed by atoms with Crippen molar-refractivity contribution < 1.29 is 9.53 Å². The van der Waals surface area contributed by atoms with Crippen LogP contribution in [0.4, 0.5) is 4.79 Å². The smallest absolute Gasteiger partial charge is 0.410 e. The zero-order chi connectivity index (χ0) is 16.2. The lowest BCUT2D eigenvalue weighted by Gasteiger charge is -2.29. The van der Waals surface area contributed by atoms with Crippen molar-refractivity contribution in [3.8, 4) is 0 Å². The Labute approximate surface area is 136 Å². The molecule has 22 heavy (non-hydrogen) atoms. The zero-order valence-electron chi connectivity index (χ0n) is 14.9. The number of hydrogen-bond acceptors (Lipinski definition) is 3. The minimum Gasteiger partial charge on any atom is -0.444 e. The monoisotopic (exact) mass is 310 g/mol. The lowest BCUT2D eigenvalue weighted by molar-refractivity contribution is 0.0288. The van der Waals surface area contributed by atoms with E-state index in [1.807, 2.05) is 25.7 Å². The summed E-state index contributed by atoms with van der Waals surface area (Å²) < 4.78 is 5.46. The Kier molecular flexibility index (Phi) is 6.13. The maximum atomic E-state index is 12.1. The van der Waals surface area contributed by atoms with Crippen LogP contribution in [0.3, 0.4) is 0 Å². The lowest BCUT2D eigenvalue weighted by atomic mass is 9.84. The molecule has 1 aliphatic carbocycles. The molecule has 1 saturated carbocycles. The number of amides is 1. The van der Waals surface area contributed by atoms with Crippen molar-refractivity contribution in [2.45, 2.75) is 77.9 Å². The molecule has 1 saturated heterocycles. The van der Waals surface area contributed by atoms with Gasteiger partial charge in [0, 0.05) is 19.1 Å². The van der Waals surface area contributed by atoms with E-state index in [-0.39, 0.29) is 6.09 Å². The molecule has 4 nitrogen and oxygen atoms in total. The standard InChI is InChI=1S/C18H34N2O2/c1-14(16-8-6-5-7-9-16)19-12-15-10-11-20(13-15)17(21)22-18(2,3)4/h14-16,19H,5-13H2,1-4H3. The van der Waals surface area contributed by atoms with Gasteiger partial charge < -0.3 is 15.0 Å². The van der Waals surface area contributed by atoms with Gasteiger partial charge >= 0.3 is 6.09 Å². The largest absolute Gasteiger partial charge is 0.444 e. The molecule has 1 N–H and O–H groups in total. The van der Waals surface area contributed by atoms with Crippen LogP contribution >= 0.6 is 0 Å². The number of hydrogen-bond donors (Lipinski definition) is 1. The Balaban J connectivity index is 1.68. The normalized spacial score (nSPS) is 25.3. The summed E-state index contributed by atoms with van der Waals surface area (Å²) in [6.45, 7) is 10.8. The molecule has 0 spiro atoms. The number of rotatable bonds is 4. The number of ether oxygens (including phenoxy) is 1. The summed E-state index contributed by atoms with van der Waals surface area (Å²) >= 11 is 0. The van der Waals surface area contributed by atoms with Gasteiger partial charge in [-0.25, -0.2) is 4.79 Å². The molecule has 2 fully saturated rings. The molecule has 2 unspecified atom stereocenters. The van der Waals surface area contributed by atoms with E-state index in [4.69, 9.17) is 4.74 Å². The van der Waals surface area contributed by atoms with Crippen LogP contribution in [0.5, 0.6) is 0 Å². The molecule has 2 rings (SSSR count). The second kappa shape index (κ2) is 7.67. The minimum atomic E-state index is -0.400. The van der Waals surface area contributed by atoms with Gasteiger partial charge in [-0.1, -0.05) is 19.3 Å². The second-order valence-corrected chi connectivity index (χ2v) is 8.18. The molecular weight excluding hydrogens is 276 g/mol. The highest BCUT2D eigenvalue weighted by Crippen LogP contribution is 2.26. The molecule has 0 aromatic carbocycles. The van der Waals surface area contributed by atoms with E-state index in [1.54, 1.807) is 0 Å². The van der Waals surface area contributed by atoms with Crippen molar-refractivity contribution in [3.05, 3.63) is 0 Å². The maximum Gasteiger partial charge on any atom is 0.410 e. The topological polar surface area (TPSA) is 41.6 Å². The van der Waals surface area contributed by atoms with Crippen LogP contribution in [0.1, 0.15) is 66.2 Å². The van der Waals surface area contributed by atoms with E-state index in [1.165, 1.54) is 32.1 Å². The molecule has 2 aliphatic rings. The predicted molar refractivity (Wildman–Crippen MR) is 90.0 cm³/mol. The van der Waals surface area contributed by atoms with E-state index in [0.717, 1.165) is 32.0 Å². The second-order valence-electron chi connectivity index (χ2n) is 8.18. The number of likely N-dealkylation sites (tertiary alicyclic amines) is 1. The SMILES string of the molecule is CC(NCC1CCN(C(=O)OC(C)(C)C)C1)C1CCCCC1. The highest BCUT2D eigenvalue weighted by molar-refractivity contribution is 5.68. The summed E-state index contributed by atoms with van der Waals surface area (Å²) in [5.74, 6) is 1.41. The molecule has 4 heteroatoms. The first-order valence-electron chi connectivity index (χ1n) is 9.06. The van der Waals surface area contributed by atoms with Crippen LogP contribution in [-0.2, 0) is 4.74 Å². The third kappa shape index (κ3) is 5.45. The summed E-state index contributed by atoms with van der Waals surface area (Å²) in [6, 6.07) is 0.607. The fourth-order valence-corrected chi connectivity index (χ4v) is 3.64. The highest BCUT2D eigenvalue weighted by atomic mass is 16.6. The minimum absolute atomic E-state index is 0.157. The van der Waals surface area contributed by atoms with Gasteiger partial charge in [0.05, 0.1) is 0 Å². The van der Waals surface area contributed by atoms with E-state index < -0.39 is 5.60 Å². The van der Waals surface area contributed by atoms with Gasteiger partial charge in [-0.05, 0) is 65.3 Å². The quantitative estimate of drug-likeness (QED) is 0.858. The Bertz CT molecular complexity index is 359. The van der Waals surface area contributed by atoms with Crippen LogP contribution in [0.15, 0.2) is 0 Å². The van der Waals surface area contributed by atoms with Gasteiger partial charge in [-0.3, -0.25) is 0 Å². The van der Waals surface area contributed by atoms with Gasteiger partial charge in [0.1, 0.15) is 5.60 Å².